The van der Waals surface area contributed by atoms with Crippen LogP contribution in [0.5, 0.6) is 0 Å². The van der Waals surface area contributed by atoms with Crippen molar-refractivity contribution in [3.05, 3.63) is 16.0 Å². The lowest BCUT2D eigenvalue weighted by molar-refractivity contribution is 0.0376. The van der Waals surface area contributed by atoms with Crippen molar-refractivity contribution in [2.75, 3.05) is 50.8 Å². The highest BCUT2D eigenvalue weighted by atomic mass is 16.5. The lowest BCUT2D eigenvalue weighted by Crippen LogP contribution is -2.38. The standard InChI is InChI=1S/C20H34N6O2/c1-4-6-10-26(11-7-9-25-12-14-28-15-13-25)20-21-17-16(8-5-2)23-24(3)18(17)19(27)22-20/h4-15H2,1-3H3,(H,21,22,27). The molecule has 0 unspecified atom stereocenters. The van der Waals surface area contributed by atoms with Crippen LogP contribution >= 0.6 is 0 Å². The summed E-state index contributed by atoms with van der Waals surface area (Å²) in [6.07, 6.45) is 5.04. The third-order valence-electron chi connectivity index (χ3n) is 5.32. The molecule has 0 saturated carbocycles. The molecular weight excluding hydrogens is 356 g/mol. The van der Waals surface area contributed by atoms with E-state index in [2.05, 4.69) is 33.7 Å². The van der Waals surface area contributed by atoms with Gasteiger partial charge in [0, 0.05) is 39.8 Å². The van der Waals surface area contributed by atoms with Gasteiger partial charge in [-0.15, -0.1) is 0 Å². The van der Waals surface area contributed by atoms with Crippen molar-refractivity contribution in [1.29, 1.82) is 0 Å². The minimum atomic E-state index is -0.105. The van der Waals surface area contributed by atoms with Crippen LogP contribution in [0, 0.1) is 0 Å². The molecule has 8 heteroatoms. The van der Waals surface area contributed by atoms with Crippen molar-refractivity contribution in [1.82, 2.24) is 24.6 Å². The normalized spacial score (nSPS) is 15.4. The molecule has 8 nitrogen and oxygen atoms in total. The molecular formula is C20H34N6O2. The van der Waals surface area contributed by atoms with Crippen LogP contribution < -0.4 is 10.5 Å². The fourth-order valence-corrected chi connectivity index (χ4v) is 3.77. The number of fused-ring (bicyclic) bond motifs is 1. The maximum atomic E-state index is 12.7. The van der Waals surface area contributed by atoms with Gasteiger partial charge in [0.2, 0.25) is 5.95 Å². The quantitative estimate of drug-likeness (QED) is 0.668. The fourth-order valence-electron chi connectivity index (χ4n) is 3.77. The molecule has 0 bridgehead atoms. The minimum Gasteiger partial charge on any atom is -0.379 e. The van der Waals surface area contributed by atoms with Gasteiger partial charge in [0.1, 0.15) is 5.52 Å². The zero-order valence-corrected chi connectivity index (χ0v) is 17.5. The lowest BCUT2D eigenvalue weighted by Gasteiger charge is -2.28. The Balaban J connectivity index is 1.79. The summed E-state index contributed by atoms with van der Waals surface area (Å²) in [5.74, 6) is 0.679. The van der Waals surface area contributed by atoms with Gasteiger partial charge in [-0.2, -0.15) is 5.10 Å². The van der Waals surface area contributed by atoms with Crippen molar-refractivity contribution in [3.63, 3.8) is 0 Å². The SMILES string of the molecule is CCCCN(CCCN1CCOCC1)c1nc2c(CCC)nn(C)c2c(=O)[nH]1. The van der Waals surface area contributed by atoms with Crippen molar-refractivity contribution in [2.45, 2.75) is 46.0 Å². The highest BCUT2D eigenvalue weighted by Crippen LogP contribution is 2.17. The van der Waals surface area contributed by atoms with Crippen LogP contribution in [0.1, 0.15) is 45.2 Å². The molecule has 0 aliphatic carbocycles. The summed E-state index contributed by atoms with van der Waals surface area (Å²) in [7, 11) is 1.81. The number of rotatable bonds is 10. The average molecular weight is 391 g/mol. The largest absolute Gasteiger partial charge is 0.379 e. The van der Waals surface area contributed by atoms with Gasteiger partial charge < -0.3 is 9.64 Å². The summed E-state index contributed by atoms with van der Waals surface area (Å²) in [4.78, 5) is 25.3. The van der Waals surface area contributed by atoms with E-state index < -0.39 is 0 Å². The van der Waals surface area contributed by atoms with E-state index in [1.165, 1.54) is 0 Å². The number of unbranched alkanes of at least 4 members (excludes halogenated alkanes) is 1. The van der Waals surface area contributed by atoms with E-state index in [-0.39, 0.29) is 5.56 Å². The second-order valence-electron chi connectivity index (χ2n) is 7.56. The second-order valence-corrected chi connectivity index (χ2v) is 7.56. The van der Waals surface area contributed by atoms with Gasteiger partial charge in [-0.3, -0.25) is 19.4 Å². The van der Waals surface area contributed by atoms with Crippen molar-refractivity contribution in [2.24, 2.45) is 7.05 Å². The number of nitrogens with zero attached hydrogens (tertiary/aromatic N) is 5. The van der Waals surface area contributed by atoms with Crippen molar-refractivity contribution < 1.29 is 4.74 Å². The van der Waals surface area contributed by atoms with Crippen LogP contribution in [0.15, 0.2) is 4.79 Å². The molecule has 156 valence electrons. The maximum Gasteiger partial charge on any atom is 0.278 e. The molecule has 1 fully saturated rings. The summed E-state index contributed by atoms with van der Waals surface area (Å²) in [6, 6.07) is 0. The number of H-pyrrole nitrogens is 1. The molecule has 1 aliphatic rings. The van der Waals surface area contributed by atoms with Crippen LogP contribution in [0.25, 0.3) is 11.0 Å². The number of nitrogens with one attached hydrogen (secondary N) is 1. The number of hydrogen-bond acceptors (Lipinski definition) is 6. The van der Waals surface area contributed by atoms with E-state index in [1.54, 1.807) is 4.68 Å². The Morgan fingerprint density at radius 1 is 1.14 bits per heavy atom. The van der Waals surface area contributed by atoms with E-state index in [1.807, 2.05) is 7.05 Å². The molecule has 0 atom stereocenters. The van der Waals surface area contributed by atoms with Gasteiger partial charge in [-0.25, -0.2) is 4.98 Å². The molecule has 2 aromatic heterocycles. The molecule has 3 rings (SSSR count). The van der Waals surface area contributed by atoms with E-state index >= 15 is 0 Å². The first-order chi connectivity index (χ1) is 13.6. The molecule has 1 N–H and O–H groups in total. The van der Waals surface area contributed by atoms with E-state index in [4.69, 9.17) is 9.72 Å². The van der Waals surface area contributed by atoms with Gasteiger partial charge >= 0.3 is 0 Å². The van der Waals surface area contributed by atoms with Gasteiger partial charge in [-0.05, 0) is 19.3 Å². The van der Waals surface area contributed by atoms with Gasteiger partial charge in [0.15, 0.2) is 5.52 Å². The number of aromatic amines is 1. The first-order valence-electron chi connectivity index (χ1n) is 10.6. The molecule has 0 amide bonds. The molecule has 0 aromatic carbocycles. The Kier molecular flexibility index (Phi) is 7.44. The summed E-state index contributed by atoms with van der Waals surface area (Å²) >= 11 is 0. The van der Waals surface area contributed by atoms with Crippen LogP contribution in [0.4, 0.5) is 5.95 Å². The Bertz CT molecular complexity index is 809. The van der Waals surface area contributed by atoms with Crippen molar-refractivity contribution in [3.8, 4) is 0 Å². The highest BCUT2D eigenvalue weighted by Gasteiger charge is 2.18. The third kappa shape index (κ3) is 4.91. The van der Waals surface area contributed by atoms with Crippen LogP contribution in [0.3, 0.4) is 0 Å². The Hall–Kier alpha value is -1.93. The van der Waals surface area contributed by atoms with Gasteiger partial charge in [-0.1, -0.05) is 26.7 Å². The monoisotopic (exact) mass is 390 g/mol. The number of morpholine rings is 1. The molecule has 3 heterocycles. The number of aryl methyl sites for hydroxylation is 2. The number of hydrogen-bond donors (Lipinski definition) is 1. The molecule has 0 spiro atoms. The summed E-state index contributed by atoms with van der Waals surface area (Å²) in [6.45, 7) is 10.8. The summed E-state index contributed by atoms with van der Waals surface area (Å²) < 4.78 is 7.08. The van der Waals surface area contributed by atoms with E-state index in [9.17, 15) is 4.79 Å². The highest BCUT2D eigenvalue weighted by molar-refractivity contribution is 5.77. The molecule has 0 radical (unpaired) electrons. The Labute approximate surface area is 166 Å². The lowest BCUT2D eigenvalue weighted by atomic mass is 10.2. The predicted molar refractivity (Wildman–Crippen MR) is 112 cm³/mol. The van der Waals surface area contributed by atoms with Gasteiger partial charge in [0.05, 0.1) is 18.9 Å². The summed E-state index contributed by atoms with van der Waals surface area (Å²) in [5, 5.41) is 4.52. The fraction of sp³-hybridized carbons (Fsp3) is 0.750. The molecule has 2 aromatic rings. The second kappa shape index (κ2) is 10.0. The van der Waals surface area contributed by atoms with E-state index in [0.29, 0.717) is 11.5 Å². The minimum absolute atomic E-state index is 0.105. The number of anilines is 1. The number of ether oxygens (including phenoxy) is 1. The first kappa shape index (κ1) is 20.8. The van der Waals surface area contributed by atoms with Crippen LogP contribution in [0.2, 0.25) is 0 Å². The smallest absolute Gasteiger partial charge is 0.278 e. The van der Waals surface area contributed by atoms with E-state index in [0.717, 1.165) is 89.3 Å². The zero-order chi connectivity index (χ0) is 19.9. The zero-order valence-electron chi connectivity index (χ0n) is 17.5. The average Bonchev–Trinajstić information content (AvgIpc) is 3.01. The van der Waals surface area contributed by atoms with Crippen molar-refractivity contribution >= 4 is 17.0 Å². The maximum absolute atomic E-state index is 12.7. The summed E-state index contributed by atoms with van der Waals surface area (Å²) in [5.41, 5.74) is 2.12. The first-order valence-corrected chi connectivity index (χ1v) is 10.6. The van der Waals surface area contributed by atoms with Gasteiger partial charge in [0.25, 0.3) is 5.56 Å². The Morgan fingerprint density at radius 3 is 2.61 bits per heavy atom. The van der Waals surface area contributed by atoms with Crippen LogP contribution in [-0.2, 0) is 18.2 Å². The topological polar surface area (TPSA) is 79.3 Å². The Morgan fingerprint density at radius 2 is 1.89 bits per heavy atom. The molecule has 1 saturated heterocycles. The third-order valence-corrected chi connectivity index (χ3v) is 5.32. The predicted octanol–water partition coefficient (Wildman–Crippen LogP) is 1.94. The number of aromatic nitrogens is 4. The molecule has 28 heavy (non-hydrogen) atoms. The van der Waals surface area contributed by atoms with Crippen LogP contribution in [-0.4, -0.2) is 70.6 Å². The molecule has 1 aliphatic heterocycles.